The van der Waals surface area contributed by atoms with Crippen LogP contribution in [0.25, 0.3) is 11.0 Å². The van der Waals surface area contributed by atoms with Gasteiger partial charge in [0.25, 0.3) is 0 Å². The lowest BCUT2D eigenvalue weighted by Gasteiger charge is -2.45. The van der Waals surface area contributed by atoms with E-state index < -0.39 is 23.3 Å². The quantitative estimate of drug-likeness (QED) is 0.421. The summed E-state index contributed by atoms with van der Waals surface area (Å²) in [5.74, 6) is 0.641. The Morgan fingerprint density at radius 3 is 2.84 bits per heavy atom. The Bertz CT molecular complexity index is 1420. The van der Waals surface area contributed by atoms with E-state index in [1.54, 1.807) is 13.0 Å². The van der Waals surface area contributed by atoms with Gasteiger partial charge in [0, 0.05) is 30.2 Å². The van der Waals surface area contributed by atoms with Crippen molar-refractivity contribution >= 4 is 16.9 Å². The van der Waals surface area contributed by atoms with Crippen molar-refractivity contribution in [3.63, 3.8) is 0 Å². The Labute approximate surface area is 214 Å². The van der Waals surface area contributed by atoms with Gasteiger partial charge in [0.2, 0.25) is 0 Å². The number of carbonyl (C=O) groups is 1. The molecule has 4 N–H and O–H groups in total. The lowest BCUT2D eigenvalue weighted by molar-refractivity contribution is -0.173. The van der Waals surface area contributed by atoms with E-state index in [1.807, 2.05) is 19.9 Å². The Hall–Kier alpha value is -3.46. The first-order chi connectivity index (χ1) is 17.6. The van der Waals surface area contributed by atoms with Gasteiger partial charge in [0.15, 0.2) is 11.0 Å². The molecule has 1 aromatic heterocycles. The maximum absolute atomic E-state index is 13.5. The molecule has 4 aliphatic heterocycles. The summed E-state index contributed by atoms with van der Waals surface area (Å²) < 4.78 is 24.2. The molecule has 0 amide bonds. The summed E-state index contributed by atoms with van der Waals surface area (Å²) in [6.45, 7) is 6.12. The Kier molecular flexibility index (Phi) is 5.35. The van der Waals surface area contributed by atoms with Crippen molar-refractivity contribution in [3.05, 3.63) is 57.2 Å². The summed E-state index contributed by atoms with van der Waals surface area (Å²) in [4.78, 5) is 26.2. The molecule has 6 rings (SSSR count). The number of dihydropyridines is 1. The average Bonchev–Trinajstić information content (AvgIpc) is 3.52. The Balaban J connectivity index is 1.28. The molecule has 2 saturated heterocycles. The molecule has 1 aromatic carbocycles. The van der Waals surface area contributed by atoms with Gasteiger partial charge < -0.3 is 34.8 Å². The molecule has 37 heavy (non-hydrogen) atoms. The van der Waals surface area contributed by atoms with Gasteiger partial charge in [-0.25, -0.2) is 4.79 Å². The highest BCUT2D eigenvalue weighted by molar-refractivity contribution is 5.88. The second kappa shape index (κ2) is 8.28. The molecule has 9 nitrogen and oxygen atoms in total. The SMILES string of the molecule is Cc1cc(=O)c2c(O)c3c(cc2o1)OC(C)(C)C1OC(=O)C2(CCCC31)OC2CCC1=CCNC(N)=C1. The van der Waals surface area contributed by atoms with Crippen LogP contribution in [0.15, 0.2) is 44.9 Å². The van der Waals surface area contributed by atoms with Gasteiger partial charge in [-0.15, -0.1) is 0 Å². The first-order valence-corrected chi connectivity index (χ1v) is 12.9. The zero-order chi connectivity index (χ0) is 26.1. The van der Waals surface area contributed by atoms with Crippen LogP contribution in [-0.2, 0) is 14.3 Å². The van der Waals surface area contributed by atoms with Gasteiger partial charge in [-0.3, -0.25) is 4.79 Å². The third-order valence-electron chi connectivity index (χ3n) is 8.08. The topological polar surface area (TPSA) is 137 Å². The number of phenols is 1. The molecular weight excluding hydrogens is 476 g/mol. The molecule has 0 radical (unpaired) electrons. The predicted octanol–water partition coefficient (Wildman–Crippen LogP) is 3.40. The highest BCUT2D eigenvalue weighted by Gasteiger charge is 2.65. The summed E-state index contributed by atoms with van der Waals surface area (Å²) in [6, 6.07) is 3.02. The molecule has 196 valence electrons. The molecule has 0 aliphatic carbocycles. The number of fused-ring (bicyclic) bond motifs is 4. The number of carbonyl (C=O) groups excluding carboxylic acids is 1. The van der Waals surface area contributed by atoms with Crippen LogP contribution in [0.3, 0.4) is 0 Å². The van der Waals surface area contributed by atoms with Crippen molar-refractivity contribution in [2.45, 2.75) is 82.2 Å². The molecule has 2 aromatic rings. The molecule has 0 saturated carbocycles. The van der Waals surface area contributed by atoms with Crippen LogP contribution >= 0.6 is 0 Å². The maximum Gasteiger partial charge on any atom is 0.341 e. The number of rotatable bonds is 3. The summed E-state index contributed by atoms with van der Waals surface area (Å²) in [5.41, 5.74) is 5.62. The van der Waals surface area contributed by atoms with E-state index >= 15 is 0 Å². The molecule has 2 fully saturated rings. The van der Waals surface area contributed by atoms with Crippen LogP contribution in [0.5, 0.6) is 11.5 Å². The van der Waals surface area contributed by atoms with Gasteiger partial charge in [-0.2, -0.15) is 0 Å². The monoisotopic (exact) mass is 508 g/mol. The molecule has 0 bridgehead atoms. The standard InChI is InChI=1S/C28H32N2O7/c1-14-11-17(31)23-18(34-14)13-19-22(24(23)32)16-5-4-9-28(26(33)35-25(16)27(2,3)36-19)20(37-28)7-6-15-8-10-30-21(29)12-15/h8,11-13,16,20,25,30,32H,4-7,9-10,29H2,1-3H3. The van der Waals surface area contributed by atoms with Crippen molar-refractivity contribution in [3.8, 4) is 11.5 Å². The number of hydrogen-bond donors (Lipinski definition) is 3. The third-order valence-corrected chi connectivity index (χ3v) is 8.08. The highest BCUT2D eigenvalue weighted by atomic mass is 16.7. The van der Waals surface area contributed by atoms with E-state index in [9.17, 15) is 14.7 Å². The number of esters is 1. The van der Waals surface area contributed by atoms with E-state index in [0.717, 1.165) is 12.0 Å². The number of aromatic hydroxyl groups is 1. The Morgan fingerprint density at radius 2 is 2.05 bits per heavy atom. The number of epoxide rings is 1. The molecule has 4 unspecified atom stereocenters. The summed E-state index contributed by atoms with van der Waals surface area (Å²) in [6.07, 6.45) is 6.45. The van der Waals surface area contributed by atoms with Crippen LogP contribution < -0.4 is 21.2 Å². The van der Waals surface area contributed by atoms with Gasteiger partial charge in [0.05, 0.1) is 11.9 Å². The normalized spacial score (nSPS) is 30.0. The lowest BCUT2D eigenvalue weighted by atomic mass is 9.76. The maximum atomic E-state index is 13.5. The molecule has 4 atom stereocenters. The van der Waals surface area contributed by atoms with E-state index in [4.69, 9.17) is 24.4 Å². The van der Waals surface area contributed by atoms with E-state index in [2.05, 4.69) is 11.4 Å². The summed E-state index contributed by atoms with van der Waals surface area (Å²) >= 11 is 0. The average molecular weight is 509 g/mol. The zero-order valence-electron chi connectivity index (χ0n) is 21.3. The number of nitrogens with two attached hydrogens (primary N) is 1. The van der Waals surface area contributed by atoms with Gasteiger partial charge in [-0.1, -0.05) is 6.08 Å². The second-order valence-electron chi connectivity index (χ2n) is 11.1. The van der Waals surface area contributed by atoms with Crippen LogP contribution in [-0.4, -0.2) is 41.0 Å². The largest absolute Gasteiger partial charge is 0.507 e. The lowest BCUT2D eigenvalue weighted by Crippen LogP contribution is -2.53. The first kappa shape index (κ1) is 23.9. The summed E-state index contributed by atoms with van der Waals surface area (Å²) in [7, 11) is 0. The van der Waals surface area contributed by atoms with Crippen LogP contribution in [0.4, 0.5) is 0 Å². The fourth-order valence-corrected chi connectivity index (χ4v) is 6.25. The number of ether oxygens (including phenoxy) is 3. The zero-order valence-corrected chi connectivity index (χ0v) is 21.3. The fourth-order valence-electron chi connectivity index (χ4n) is 6.25. The van der Waals surface area contributed by atoms with Gasteiger partial charge >= 0.3 is 5.97 Å². The minimum atomic E-state index is -0.950. The molecular formula is C28H32N2O7. The van der Waals surface area contributed by atoms with Gasteiger partial charge in [0.1, 0.15) is 39.9 Å². The van der Waals surface area contributed by atoms with E-state index in [1.165, 1.54) is 6.07 Å². The minimum Gasteiger partial charge on any atom is -0.507 e. The number of allylic oxidation sites excluding steroid dienone is 2. The number of phenolic OH excluding ortho intramolecular Hbond substituents is 1. The Morgan fingerprint density at radius 1 is 1.24 bits per heavy atom. The first-order valence-electron chi connectivity index (χ1n) is 12.9. The molecule has 5 heterocycles. The smallest absolute Gasteiger partial charge is 0.341 e. The fraction of sp³-hybridized carbons (Fsp3) is 0.500. The third kappa shape index (κ3) is 3.87. The van der Waals surface area contributed by atoms with Crippen molar-refractivity contribution in [2.24, 2.45) is 5.73 Å². The van der Waals surface area contributed by atoms with Crippen LogP contribution in [0.1, 0.15) is 63.2 Å². The van der Waals surface area contributed by atoms with Crippen LogP contribution in [0.2, 0.25) is 0 Å². The van der Waals surface area contributed by atoms with Crippen molar-refractivity contribution in [1.82, 2.24) is 5.32 Å². The van der Waals surface area contributed by atoms with Gasteiger partial charge in [-0.05, 0) is 64.5 Å². The van der Waals surface area contributed by atoms with Crippen LogP contribution in [0, 0.1) is 6.92 Å². The second-order valence-corrected chi connectivity index (χ2v) is 11.1. The minimum absolute atomic E-state index is 0.115. The predicted molar refractivity (Wildman–Crippen MR) is 135 cm³/mol. The highest BCUT2D eigenvalue weighted by Crippen LogP contribution is 2.54. The number of nitrogens with one attached hydrogen (secondary N) is 1. The number of aryl methyl sites for hydroxylation is 1. The number of hydrogen-bond acceptors (Lipinski definition) is 9. The number of benzene rings is 1. The molecule has 4 aliphatic rings. The molecule has 1 spiro atoms. The van der Waals surface area contributed by atoms with E-state index in [0.29, 0.717) is 55.1 Å². The van der Waals surface area contributed by atoms with Crippen molar-refractivity contribution in [1.29, 1.82) is 0 Å². The molecule has 9 heteroatoms. The summed E-state index contributed by atoms with van der Waals surface area (Å²) in [5, 5.41) is 14.4. The van der Waals surface area contributed by atoms with Crippen molar-refractivity contribution < 1.29 is 28.5 Å². The van der Waals surface area contributed by atoms with Crippen molar-refractivity contribution in [2.75, 3.05) is 6.54 Å². The van der Waals surface area contributed by atoms with E-state index in [-0.39, 0.29) is 34.2 Å².